The average molecular weight is 672 g/mol. The van der Waals surface area contributed by atoms with E-state index in [0.717, 1.165) is 65.4 Å². The van der Waals surface area contributed by atoms with Crippen molar-refractivity contribution < 1.29 is 13.6 Å². The molecule has 0 saturated heterocycles. The molecular weight excluding hydrogens is 622 g/mol. The Hall–Kier alpha value is -4.09. The van der Waals surface area contributed by atoms with Gasteiger partial charge < -0.3 is 14.1 Å². The topological polar surface area (TPSA) is 83.1 Å². The van der Waals surface area contributed by atoms with Gasteiger partial charge in [-0.2, -0.15) is 14.6 Å². The second kappa shape index (κ2) is 14.6. The molecule has 9 nitrogen and oxygen atoms in total. The zero-order chi connectivity index (χ0) is 34.6. The van der Waals surface area contributed by atoms with Crippen molar-refractivity contribution in [3.8, 4) is 17.0 Å². The molecule has 0 bridgehead atoms. The number of unbranched alkanes of at least 4 members (excludes halogenated alkanes) is 1. The van der Waals surface area contributed by atoms with Crippen LogP contribution in [0.25, 0.3) is 22.3 Å². The van der Waals surface area contributed by atoms with Gasteiger partial charge in [0, 0.05) is 38.1 Å². The maximum Gasteiger partial charge on any atom is 0.222 e. The first-order chi connectivity index (χ1) is 22.8. The molecule has 0 fully saturated rings. The SMILES string of the molecule is COc1ccc(CN(Cc2ccnn2CCCCO[Si](C)(C)C(C)(C)C)c2cc(-c3cccnc3F)nc3c(C)nn(C(C)C)c23)cc1. The Bertz CT molecular complexity index is 1830. The predicted octanol–water partition coefficient (Wildman–Crippen LogP) is 8.74. The zero-order valence-corrected chi connectivity index (χ0v) is 30.9. The average Bonchev–Trinajstić information content (AvgIpc) is 3.63. The van der Waals surface area contributed by atoms with Crippen LogP contribution < -0.4 is 9.64 Å². The van der Waals surface area contributed by atoms with Crippen molar-refractivity contribution in [3.63, 3.8) is 0 Å². The van der Waals surface area contributed by atoms with Gasteiger partial charge in [0.15, 0.2) is 8.32 Å². The molecule has 0 aliphatic heterocycles. The van der Waals surface area contributed by atoms with Crippen LogP contribution in [0, 0.1) is 12.9 Å². The number of methoxy groups -OCH3 is 1. The van der Waals surface area contributed by atoms with Gasteiger partial charge in [-0.05, 0) is 93.7 Å². The van der Waals surface area contributed by atoms with Gasteiger partial charge in [0.05, 0.1) is 42.0 Å². The molecule has 0 radical (unpaired) electrons. The molecule has 4 heterocycles. The van der Waals surface area contributed by atoms with Crippen molar-refractivity contribution in [2.45, 2.75) is 98.2 Å². The van der Waals surface area contributed by atoms with E-state index in [4.69, 9.17) is 24.3 Å². The molecule has 0 atom stereocenters. The molecule has 0 saturated carbocycles. The lowest BCUT2D eigenvalue weighted by Gasteiger charge is -2.36. The first-order valence-corrected chi connectivity index (χ1v) is 19.7. The summed E-state index contributed by atoms with van der Waals surface area (Å²) in [6, 6.07) is 15.7. The number of ether oxygens (including phenoxy) is 1. The van der Waals surface area contributed by atoms with Crippen LogP contribution in [0.4, 0.5) is 10.1 Å². The van der Waals surface area contributed by atoms with E-state index in [1.807, 2.05) is 36.0 Å². The Kier molecular flexibility index (Phi) is 10.7. The largest absolute Gasteiger partial charge is 0.497 e. The molecule has 0 N–H and O–H groups in total. The van der Waals surface area contributed by atoms with Crippen LogP contribution in [0.3, 0.4) is 0 Å². The van der Waals surface area contributed by atoms with Crippen LogP contribution in [0.1, 0.15) is 70.5 Å². The standard InChI is InChI=1S/C37H50FN7O2Si/c1-26(2)45-35-33(23-32(41-34(35)27(3)42-45)31-13-12-19-39-36(31)38)43(24-28-14-16-30(46-7)17-15-28)25-29-18-20-40-44(29)21-10-11-22-47-48(8,9)37(4,5)6/h12-20,23,26H,10-11,21-22,24-25H2,1-9H3. The molecule has 256 valence electrons. The van der Waals surface area contributed by atoms with Gasteiger partial charge in [-0.15, -0.1) is 0 Å². The molecule has 11 heteroatoms. The maximum absolute atomic E-state index is 15.1. The van der Waals surface area contributed by atoms with Crippen LogP contribution in [0.15, 0.2) is 60.9 Å². The first kappa shape index (κ1) is 35.2. The van der Waals surface area contributed by atoms with E-state index in [9.17, 15) is 0 Å². The van der Waals surface area contributed by atoms with E-state index in [2.05, 4.69) is 80.5 Å². The molecule has 0 unspecified atom stereocenters. The summed E-state index contributed by atoms with van der Waals surface area (Å²) in [7, 11) is -0.107. The minimum Gasteiger partial charge on any atom is -0.497 e. The van der Waals surface area contributed by atoms with Gasteiger partial charge in [-0.3, -0.25) is 9.36 Å². The van der Waals surface area contributed by atoms with Crippen molar-refractivity contribution in [3.05, 3.63) is 83.8 Å². The van der Waals surface area contributed by atoms with Crippen molar-refractivity contribution >= 4 is 25.0 Å². The van der Waals surface area contributed by atoms with Gasteiger partial charge in [-0.25, -0.2) is 9.97 Å². The van der Waals surface area contributed by atoms with Crippen molar-refractivity contribution in [2.75, 3.05) is 18.6 Å². The third kappa shape index (κ3) is 7.79. The molecule has 4 aromatic heterocycles. The monoisotopic (exact) mass is 671 g/mol. The van der Waals surface area contributed by atoms with Crippen LogP contribution in [-0.4, -0.2) is 51.6 Å². The lowest BCUT2D eigenvalue weighted by Crippen LogP contribution is -2.41. The molecule has 5 rings (SSSR count). The number of aryl methyl sites for hydroxylation is 2. The quantitative estimate of drug-likeness (QED) is 0.0663. The maximum atomic E-state index is 15.1. The highest BCUT2D eigenvalue weighted by Gasteiger charge is 2.36. The number of halogens is 1. The van der Waals surface area contributed by atoms with Crippen LogP contribution in [0.2, 0.25) is 18.1 Å². The van der Waals surface area contributed by atoms with Crippen molar-refractivity contribution in [1.82, 2.24) is 29.5 Å². The number of pyridine rings is 2. The van der Waals surface area contributed by atoms with E-state index in [0.29, 0.717) is 24.3 Å². The normalized spacial score (nSPS) is 12.3. The molecule has 0 amide bonds. The fraction of sp³-hybridized carbons (Fsp3) is 0.459. The van der Waals surface area contributed by atoms with E-state index < -0.39 is 14.3 Å². The van der Waals surface area contributed by atoms with Gasteiger partial charge in [0.25, 0.3) is 0 Å². The Morgan fingerprint density at radius 3 is 2.42 bits per heavy atom. The summed E-state index contributed by atoms with van der Waals surface area (Å²) < 4.78 is 31.1. The highest BCUT2D eigenvalue weighted by atomic mass is 28.4. The van der Waals surface area contributed by atoms with Crippen LogP contribution in [0.5, 0.6) is 5.75 Å². The Morgan fingerprint density at radius 1 is 1.00 bits per heavy atom. The molecule has 0 aliphatic rings. The van der Waals surface area contributed by atoms with E-state index >= 15 is 4.39 Å². The van der Waals surface area contributed by atoms with E-state index in [-0.39, 0.29) is 11.1 Å². The fourth-order valence-corrected chi connectivity index (χ4v) is 6.66. The molecular formula is C37H50FN7O2Si. The van der Waals surface area contributed by atoms with Gasteiger partial charge in [0.1, 0.15) is 16.8 Å². The van der Waals surface area contributed by atoms with E-state index in [1.54, 1.807) is 19.2 Å². The van der Waals surface area contributed by atoms with Gasteiger partial charge in [0.2, 0.25) is 5.95 Å². The smallest absolute Gasteiger partial charge is 0.222 e. The predicted molar refractivity (Wildman–Crippen MR) is 193 cm³/mol. The first-order valence-electron chi connectivity index (χ1n) is 16.8. The number of hydrogen-bond acceptors (Lipinski definition) is 7. The number of fused-ring (bicyclic) bond motifs is 1. The summed E-state index contributed by atoms with van der Waals surface area (Å²) in [4.78, 5) is 11.2. The third-order valence-corrected chi connectivity index (χ3v) is 13.9. The Morgan fingerprint density at radius 2 is 1.75 bits per heavy atom. The highest BCUT2D eigenvalue weighted by Crippen LogP contribution is 2.37. The number of aromatic nitrogens is 6. The molecule has 1 aromatic carbocycles. The summed E-state index contributed by atoms with van der Waals surface area (Å²) in [6.45, 7) is 20.3. The molecule has 5 aromatic rings. The number of nitrogens with zero attached hydrogens (tertiary/aromatic N) is 7. The second-order valence-corrected chi connectivity index (χ2v) is 19.1. The number of rotatable bonds is 14. The van der Waals surface area contributed by atoms with E-state index in [1.165, 1.54) is 6.20 Å². The third-order valence-electron chi connectivity index (χ3n) is 9.39. The Balaban J connectivity index is 1.52. The second-order valence-electron chi connectivity index (χ2n) is 14.3. The van der Waals surface area contributed by atoms with Gasteiger partial charge >= 0.3 is 0 Å². The van der Waals surface area contributed by atoms with Crippen LogP contribution >= 0.6 is 0 Å². The summed E-state index contributed by atoms with van der Waals surface area (Å²) in [6.07, 6.45) is 5.26. The summed E-state index contributed by atoms with van der Waals surface area (Å²) in [5.41, 5.74) is 6.43. The van der Waals surface area contributed by atoms with Crippen molar-refractivity contribution in [2.24, 2.45) is 0 Å². The summed E-state index contributed by atoms with van der Waals surface area (Å²) >= 11 is 0. The Labute approximate surface area is 285 Å². The fourth-order valence-electron chi connectivity index (χ4n) is 5.57. The minimum atomic E-state index is -1.78. The van der Waals surface area contributed by atoms with Gasteiger partial charge in [-0.1, -0.05) is 32.9 Å². The number of benzene rings is 1. The van der Waals surface area contributed by atoms with Crippen molar-refractivity contribution in [1.29, 1.82) is 0 Å². The molecule has 0 aliphatic carbocycles. The lowest BCUT2D eigenvalue weighted by molar-refractivity contribution is 0.275. The number of anilines is 1. The summed E-state index contributed by atoms with van der Waals surface area (Å²) in [5, 5.41) is 9.81. The lowest BCUT2D eigenvalue weighted by atomic mass is 10.1. The highest BCUT2D eigenvalue weighted by molar-refractivity contribution is 6.74. The van der Waals surface area contributed by atoms with Crippen LogP contribution in [-0.2, 0) is 24.1 Å². The molecule has 48 heavy (non-hydrogen) atoms. The zero-order valence-electron chi connectivity index (χ0n) is 29.9. The number of hydrogen-bond donors (Lipinski definition) is 0. The molecule has 0 spiro atoms. The summed E-state index contributed by atoms with van der Waals surface area (Å²) in [5.74, 6) is 0.247. The minimum absolute atomic E-state index is 0.0876.